The zero-order chi connectivity index (χ0) is 14.5. The molecule has 0 saturated carbocycles. The summed E-state index contributed by atoms with van der Waals surface area (Å²) in [7, 11) is 3.58. The molecule has 0 fully saturated rings. The molecule has 0 aliphatic heterocycles. The highest BCUT2D eigenvalue weighted by Gasteiger charge is 2.14. The van der Waals surface area contributed by atoms with Crippen molar-refractivity contribution < 1.29 is 4.74 Å². The molecule has 1 aromatic carbocycles. The van der Waals surface area contributed by atoms with Crippen molar-refractivity contribution in [2.45, 2.75) is 18.9 Å². The van der Waals surface area contributed by atoms with Gasteiger partial charge in [0.25, 0.3) is 0 Å². The topological polar surface area (TPSA) is 65.1 Å². The molecular weight excluding hydrogens is 320 g/mol. The quantitative estimate of drug-likeness (QED) is 0.626. The predicted molar refractivity (Wildman–Crippen MR) is 82.3 cm³/mol. The summed E-state index contributed by atoms with van der Waals surface area (Å²) in [5, 5.41) is 4.17. The van der Waals surface area contributed by atoms with Gasteiger partial charge in [-0.25, -0.2) is 0 Å². The van der Waals surface area contributed by atoms with Crippen molar-refractivity contribution in [1.29, 1.82) is 0 Å². The SMILES string of the molecule is COc1ccc(Br)c(C(CCc2cnn(C)c2)NN)c1. The molecule has 1 atom stereocenters. The summed E-state index contributed by atoms with van der Waals surface area (Å²) >= 11 is 3.56. The zero-order valence-corrected chi connectivity index (χ0v) is 13.2. The van der Waals surface area contributed by atoms with E-state index in [1.165, 1.54) is 5.56 Å². The molecule has 0 radical (unpaired) electrons. The van der Waals surface area contributed by atoms with Gasteiger partial charge in [0.15, 0.2) is 0 Å². The molecule has 0 aliphatic rings. The van der Waals surface area contributed by atoms with Crippen LogP contribution in [0.25, 0.3) is 0 Å². The molecule has 5 nitrogen and oxygen atoms in total. The van der Waals surface area contributed by atoms with Crippen molar-refractivity contribution in [3.63, 3.8) is 0 Å². The van der Waals surface area contributed by atoms with Crippen LogP contribution in [-0.4, -0.2) is 16.9 Å². The summed E-state index contributed by atoms with van der Waals surface area (Å²) in [5.41, 5.74) is 5.17. The first-order chi connectivity index (χ1) is 9.63. The fourth-order valence-corrected chi connectivity index (χ4v) is 2.68. The third-order valence-corrected chi connectivity index (χ3v) is 3.98. The van der Waals surface area contributed by atoms with Crippen LogP contribution in [-0.2, 0) is 13.5 Å². The van der Waals surface area contributed by atoms with Gasteiger partial charge >= 0.3 is 0 Å². The molecule has 0 amide bonds. The predicted octanol–water partition coefficient (Wildman–Crippen LogP) is 2.33. The van der Waals surface area contributed by atoms with E-state index < -0.39 is 0 Å². The van der Waals surface area contributed by atoms with Gasteiger partial charge in [-0.05, 0) is 42.2 Å². The molecule has 2 rings (SSSR count). The number of benzene rings is 1. The Labute approximate surface area is 127 Å². The fraction of sp³-hybridized carbons (Fsp3) is 0.357. The van der Waals surface area contributed by atoms with Gasteiger partial charge in [-0.2, -0.15) is 5.10 Å². The first-order valence-electron chi connectivity index (χ1n) is 6.41. The maximum atomic E-state index is 5.70. The molecule has 1 heterocycles. The number of rotatable bonds is 6. The number of nitrogens with one attached hydrogen (secondary N) is 1. The van der Waals surface area contributed by atoms with Crippen molar-refractivity contribution in [2.24, 2.45) is 12.9 Å². The zero-order valence-electron chi connectivity index (χ0n) is 11.6. The van der Waals surface area contributed by atoms with E-state index >= 15 is 0 Å². The van der Waals surface area contributed by atoms with Crippen molar-refractivity contribution >= 4 is 15.9 Å². The van der Waals surface area contributed by atoms with Crippen LogP contribution in [0.5, 0.6) is 5.75 Å². The Bertz CT molecular complexity index is 570. The van der Waals surface area contributed by atoms with E-state index in [2.05, 4.69) is 26.5 Å². The van der Waals surface area contributed by atoms with Gasteiger partial charge in [-0.1, -0.05) is 15.9 Å². The summed E-state index contributed by atoms with van der Waals surface area (Å²) in [6.45, 7) is 0. The Morgan fingerprint density at radius 1 is 1.50 bits per heavy atom. The van der Waals surface area contributed by atoms with Crippen LogP contribution >= 0.6 is 15.9 Å². The van der Waals surface area contributed by atoms with Gasteiger partial charge < -0.3 is 4.74 Å². The van der Waals surface area contributed by atoms with E-state index in [0.717, 1.165) is 28.6 Å². The molecule has 1 aromatic heterocycles. The van der Waals surface area contributed by atoms with Crippen LogP contribution in [0.1, 0.15) is 23.6 Å². The van der Waals surface area contributed by atoms with Crippen molar-refractivity contribution in [1.82, 2.24) is 15.2 Å². The van der Waals surface area contributed by atoms with Gasteiger partial charge in [0.1, 0.15) is 5.75 Å². The summed E-state index contributed by atoms with van der Waals surface area (Å²) in [6.07, 6.45) is 5.70. The number of aromatic nitrogens is 2. The molecule has 108 valence electrons. The molecule has 0 bridgehead atoms. The standard InChI is InChI=1S/C14H19BrN4O/c1-19-9-10(8-17-19)3-6-14(18-16)12-7-11(20-2)4-5-13(12)15/h4-5,7-9,14,18H,3,6,16H2,1-2H3. The molecule has 0 aliphatic carbocycles. The van der Waals surface area contributed by atoms with Crippen molar-refractivity contribution in [3.05, 3.63) is 46.2 Å². The first-order valence-corrected chi connectivity index (χ1v) is 7.20. The van der Waals surface area contributed by atoms with Crippen molar-refractivity contribution in [3.8, 4) is 5.75 Å². The second-order valence-electron chi connectivity index (χ2n) is 4.67. The van der Waals surface area contributed by atoms with E-state index in [1.807, 2.05) is 42.3 Å². The highest BCUT2D eigenvalue weighted by atomic mass is 79.9. The number of hydrogen-bond donors (Lipinski definition) is 2. The minimum Gasteiger partial charge on any atom is -0.497 e. The Hall–Kier alpha value is -1.37. The summed E-state index contributed by atoms with van der Waals surface area (Å²) < 4.78 is 8.10. The molecular formula is C14H19BrN4O. The fourth-order valence-electron chi connectivity index (χ4n) is 2.16. The smallest absolute Gasteiger partial charge is 0.119 e. The van der Waals surface area contributed by atoms with Crippen LogP contribution in [0.2, 0.25) is 0 Å². The van der Waals surface area contributed by atoms with Crippen LogP contribution in [0.3, 0.4) is 0 Å². The Kier molecular flexibility index (Phi) is 5.17. The molecule has 1 unspecified atom stereocenters. The summed E-state index contributed by atoms with van der Waals surface area (Å²) in [4.78, 5) is 0. The second kappa shape index (κ2) is 6.88. The lowest BCUT2D eigenvalue weighted by Crippen LogP contribution is -2.28. The van der Waals surface area contributed by atoms with Crippen LogP contribution in [0.15, 0.2) is 35.1 Å². The van der Waals surface area contributed by atoms with Gasteiger partial charge in [-0.15, -0.1) is 0 Å². The van der Waals surface area contributed by atoms with Crippen LogP contribution < -0.4 is 16.0 Å². The molecule has 0 spiro atoms. The highest BCUT2D eigenvalue weighted by molar-refractivity contribution is 9.10. The average Bonchev–Trinajstić information content (AvgIpc) is 2.87. The maximum absolute atomic E-state index is 5.70. The van der Waals surface area contributed by atoms with Gasteiger partial charge in [0.2, 0.25) is 0 Å². The molecule has 0 saturated heterocycles. The largest absolute Gasteiger partial charge is 0.497 e. The number of nitrogens with zero attached hydrogens (tertiary/aromatic N) is 2. The van der Waals surface area contributed by atoms with E-state index in [1.54, 1.807) is 7.11 Å². The average molecular weight is 339 g/mol. The lowest BCUT2D eigenvalue weighted by molar-refractivity contribution is 0.412. The summed E-state index contributed by atoms with van der Waals surface area (Å²) in [6, 6.07) is 5.95. The number of aryl methyl sites for hydroxylation is 2. The van der Waals surface area contributed by atoms with Gasteiger partial charge in [0, 0.05) is 23.8 Å². The van der Waals surface area contributed by atoms with Gasteiger partial charge in [-0.3, -0.25) is 16.0 Å². The number of nitrogens with two attached hydrogens (primary N) is 1. The normalized spacial score (nSPS) is 12.4. The number of ether oxygens (including phenoxy) is 1. The Morgan fingerprint density at radius 2 is 2.30 bits per heavy atom. The number of methoxy groups -OCH3 is 1. The number of hydrogen-bond acceptors (Lipinski definition) is 4. The molecule has 3 N–H and O–H groups in total. The van der Waals surface area contributed by atoms with Gasteiger partial charge in [0.05, 0.1) is 13.3 Å². The maximum Gasteiger partial charge on any atom is 0.119 e. The van der Waals surface area contributed by atoms with Crippen molar-refractivity contribution in [2.75, 3.05) is 7.11 Å². The van der Waals surface area contributed by atoms with Crippen LogP contribution in [0.4, 0.5) is 0 Å². The lowest BCUT2D eigenvalue weighted by atomic mass is 10.0. The third kappa shape index (κ3) is 3.59. The Morgan fingerprint density at radius 3 is 2.90 bits per heavy atom. The minimum atomic E-state index is 0.0553. The van der Waals surface area contributed by atoms with E-state index in [4.69, 9.17) is 10.6 Å². The number of hydrazine groups is 1. The monoisotopic (exact) mass is 338 g/mol. The Balaban J connectivity index is 2.11. The first kappa shape index (κ1) is 15.0. The number of halogens is 1. The van der Waals surface area contributed by atoms with E-state index in [0.29, 0.717) is 0 Å². The molecule has 20 heavy (non-hydrogen) atoms. The lowest BCUT2D eigenvalue weighted by Gasteiger charge is -2.18. The third-order valence-electron chi connectivity index (χ3n) is 3.26. The van der Waals surface area contributed by atoms with E-state index in [9.17, 15) is 0 Å². The molecule has 6 heteroatoms. The highest BCUT2D eigenvalue weighted by Crippen LogP contribution is 2.29. The van der Waals surface area contributed by atoms with Crippen LogP contribution in [0, 0.1) is 0 Å². The minimum absolute atomic E-state index is 0.0553. The second-order valence-corrected chi connectivity index (χ2v) is 5.52. The van der Waals surface area contributed by atoms with E-state index in [-0.39, 0.29) is 6.04 Å². The summed E-state index contributed by atoms with van der Waals surface area (Å²) in [5.74, 6) is 6.53. The molecule has 2 aromatic rings.